The smallest absolute Gasteiger partial charge is 0.273 e. The van der Waals surface area contributed by atoms with Gasteiger partial charge in [0.2, 0.25) is 0 Å². The molecular formula is C14H18N2O4. The van der Waals surface area contributed by atoms with E-state index in [1.165, 1.54) is 6.07 Å². The molecule has 1 fully saturated rings. The van der Waals surface area contributed by atoms with Gasteiger partial charge in [0.15, 0.2) is 0 Å². The van der Waals surface area contributed by atoms with Crippen molar-refractivity contribution >= 4 is 11.6 Å². The molecule has 20 heavy (non-hydrogen) atoms. The molecule has 6 nitrogen and oxygen atoms in total. The summed E-state index contributed by atoms with van der Waals surface area (Å²) in [7, 11) is 0. The van der Waals surface area contributed by atoms with Crippen LogP contribution in [-0.4, -0.2) is 41.0 Å². The van der Waals surface area contributed by atoms with Crippen molar-refractivity contribution in [1.82, 2.24) is 4.90 Å². The van der Waals surface area contributed by atoms with Crippen LogP contribution in [0.15, 0.2) is 18.2 Å². The summed E-state index contributed by atoms with van der Waals surface area (Å²) in [6.45, 7) is 6.49. The highest BCUT2D eigenvalue weighted by molar-refractivity contribution is 5.95. The molecule has 2 rings (SSSR count). The van der Waals surface area contributed by atoms with Crippen LogP contribution in [0.5, 0.6) is 0 Å². The van der Waals surface area contributed by atoms with Gasteiger partial charge in [0.1, 0.15) is 0 Å². The van der Waals surface area contributed by atoms with Crippen LogP contribution < -0.4 is 0 Å². The van der Waals surface area contributed by atoms with Gasteiger partial charge in [-0.1, -0.05) is 6.07 Å². The topological polar surface area (TPSA) is 72.7 Å². The lowest BCUT2D eigenvalue weighted by atomic mass is 10.1. The minimum Gasteiger partial charge on any atom is -0.372 e. The Labute approximate surface area is 117 Å². The molecule has 6 heteroatoms. The van der Waals surface area contributed by atoms with Gasteiger partial charge in [-0.05, 0) is 26.8 Å². The number of morpholine rings is 1. The van der Waals surface area contributed by atoms with Gasteiger partial charge < -0.3 is 9.64 Å². The van der Waals surface area contributed by atoms with Gasteiger partial charge in [0.05, 0.1) is 17.1 Å². The molecule has 0 saturated carbocycles. The summed E-state index contributed by atoms with van der Waals surface area (Å²) in [5, 5.41) is 10.9. The van der Waals surface area contributed by atoms with Crippen molar-refractivity contribution in [3.05, 3.63) is 39.4 Å². The molecule has 0 aliphatic carbocycles. The maximum Gasteiger partial charge on any atom is 0.273 e. The molecule has 1 aliphatic heterocycles. The molecule has 1 heterocycles. The maximum absolute atomic E-state index is 12.4. The predicted molar refractivity (Wildman–Crippen MR) is 73.7 cm³/mol. The van der Waals surface area contributed by atoms with E-state index in [1.54, 1.807) is 24.0 Å². The number of nitro groups is 1. The molecule has 2 atom stereocenters. The number of hydrogen-bond donors (Lipinski definition) is 0. The van der Waals surface area contributed by atoms with Crippen LogP contribution in [0.2, 0.25) is 0 Å². The van der Waals surface area contributed by atoms with E-state index in [-0.39, 0.29) is 23.8 Å². The number of aryl methyl sites for hydroxylation is 1. The largest absolute Gasteiger partial charge is 0.372 e. The third kappa shape index (κ3) is 2.96. The lowest BCUT2D eigenvalue weighted by molar-refractivity contribution is -0.385. The Morgan fingerprint density at radius 3 is 2.50 bits per heavy atom. The van der Waals surface area contributed by atoms with Crippen LogP contribution in [0.4, 0.5) is 5.69 Å². The lowest BCUT2D eigenvalue weighted by Crippen LogP contribution is -2.48. The second-order valence-electron chi connectivity index (χ2n) is 5.23. The Morgan fingerprint density at radius 2 is 1.95 bits per heavy atom. The summed E-state index contributed by atoms with van der Waals surface area (Å²) >= 11 is 0. The van der Waals surface area contributed by atoms with E-state index < -0.39 is 4.92 Å². The van der Waals surface area contributed by atoms with E-state index in [1.807, 2.05) is 13.8 Å². The zero-order chi connectivity index (χ0) is 14.9. The average molecular weight is 278 g/mol. The van der Waals surface area contributed by atoms with E-state index in [4.69, 9.17) is 4.74 Å². The van der Waals surface area contributed by atoms with Crippen molar-refractivity contribution in [2.45, 2.75) is 33.0 Å². The first kappa shape index (κ1) is 14.5. The van der Waals surface area contributed by atoms with E-state index >= 15 is 0 Å². The van der Waals surface area contributed by atoms with E-state index in [0.717, 1.165) is 0 Å². The molecule has 0 spiro atoms. The third-order valence-corrected chi connectivity index (χ3v) is 3.36. The standard InChI is InChI=1S/C14H18N2O4/c1-9-4-5-12(6-13(9)16(18)19)14(17)15-7-10(2)20-11(3)8-15/h4-6,10-11H,7-8H2,1-3H3/t10-,11-/m0/s1. The number of carbonyl (C=O) groups excluding carboxylic acids is 1. The van der Waals surface area contributed by atoms with Gasteiger partial charge in [-0.3, -0.25) is 14.9 Å². The second-order valence-corrected chi connectivity index (χ2v) is 5.23. The van der Waals surface area contributed by atoms with Crippen molar-refractivity contribution in [2.75, 3.05) is 13.1 Å². The summed E-state index contributed by atoms with van der Waals surface area (Å²) in [5.41, 5.74) is 0.879. The normalized spacial score (nSPS) is 22.6. The van der Waals surface area contributed by atoms with Gasteiger partial charge in [-0.25, -0.2) is 0 Å². The highest BCUT2D eigenvalue weighted by atomic mass is 16.6. The number of rotatable bonds is 2. The first-order valence-electron chi connectivity index (χ1n) is 6.58. The Hall–Kier alpha value is -1.95. The van der Waals surface area contributed by atoms with Gasteiger partial charge in [-0.2, -0.15) is 0 Å². The molecule has 1 aliphatic rings. The van der Waals surface area contributed by atoms with Crippen molar-refractivity contribution in [3.63, 3.8) is 0 Å². The fourth-order valence-corrected chi connectivity index (χ4v) is 2.47. The zero-order valence-electron chi connectivity index (χ0n) is 11.8. The summed E-state index contributed by atoms with van der Waals surface area (Å²) in [4.78, 5) is 24.6. The van der Waals surface area contributed by atoms with Crippen molar-refractivity contribution in [1.29, 1.82) is 0 Å². The van der Waals surface area contributed by atoms with Crippen LogP contribution >= 0.6 is 0 Å². The van der Waals surface area contributed by atoms with E-state index in [9.17, 15) is 14.9 Å². The fraction of sp³-hybridized carbons (Fsp3) is 0.500. The highest BCUT2D eigenvalue weighted by Gasteiger charge is 2.27. The zero-order valence-corrected chi connectivity index (χ0v) is 11.8. The summed E-state index contributed by atoms with van der Waals surface area (Å²) in [6.07, 6.45) is -0.0498. The molecular weight excluding hydrogens is 260 g/mol. The van der Waals surface area contributed by atoms with Crippen LogP contribution in [0.3, 0.4) is 0 Å². The molecule has 0 bridgehead atoms. The monoisotopic (exact) mass is 278 g/mol. The second kappa shape index (κ2) is 5.58. The van der Waals surface area contributed by atoms with Gasteiger partial charge in [0.25, 0.3) is 11.6 Å². The molecule has 0 N–H and O–H groups in total. The highest BCUT2D eigenvalue weighted by Crippen LogP contribution is 2.21. The molecule has 0 radical (unpaired) electrons. The molecule has 1 aromatic rings. The van der Waals surface area contributed by atoms with Crippen LogP contribution in [0.1, 0.15) is 29.8 Å². The van der Waals surface area contributed by atoms with E-state index in [0.29, 0.717) is 24.2 Å². The number of hydrogen-bond acceptors (Lipinski definition) is 4. The predicted octanol–water partition coefficient (Wildman–Crippen LogP) is 2.15. The summed E-state index contributed by atoms with van der Waals surface area (Å²) in [6, 6.07) is 4.59. The van der Waals surface area contributed by atoms with Gasteiger partial charge in [-0.15, -0.1) is 0 Å². The van der Waals surface area contributed by atoms with Crippen LogP contribution in [0.25, 0.3) is 0 Å². The van der Waals surface area contributed by atoms with Crippen LogP contribution in [0, 0.1) is 17.0 Å². The molecule has 0 aromatic heterocycles. The SMILES string of the molecule is Cc1ccc(C(=O)N2C[C@H](C)O[C@@H](C)C2)cc1[N+](=O)[O-]. The summed E-state index contributed by atoms with van der Waals surface area (Å²) in [5.74, 6) is -0.185. The Bertz CT molecular complexity index is 534. The minimum atomic E-state index is -0.462. The first-order chi connectivity index (χ1) is 9.38. The van der Waals surface area contributed by atoms with Crippen molar-refractivity contribution < 1.29 is 14.5 Å². The number of carbonyl (C=O) groups is 1. The number of nitrogens with zero attached hydrogens (tertiary/aromatic N) is 2. The van der Waals surface area contributed by atoms with Crippen LogP contribution in [-0.2, 0) is 4.74 Å². The number of ether oxygens (including phenoxy) is 1. The van der Waals surface area contributed by atoms with Crippen molar-refractivity contribution in [2.24, 2.45) is 0 Å². The molecule has 108 valence electrons. The van der Waals surface area contributed by atoms with E-state index in [2.05, 4.69) is 0 Å². The Kier molecular flexibility index (Phi) is 4.04. The Morgan fingerprint density at radius 1 is 1.35 bits per heavy atom. The first-order valence-corrected chi connectivity index (χ1v) is 6.58. The van der Waals surface area contributed by atoms with Crippen molar-refractivity contribution in [3.8, 4) is 0 Å². The molecule has 1 amide bonds. The average Bonchev–Trinajstić information content (AvgIpc) is 2.37. The Balaban J connectivity index is 2.25. The van der Waals surface area contributed by atoms with Gasteiger partial charge >= 0.3 is 0 Å². The quantitative estimate of drug-likeness (QED) is 0.613. The third-order valence-electron chi connectivity index (χ3n) is 3.36. The molecule has 1 saturated heterocycles. The summed E-state index contributed by atoms with van der Waals surface area (Å²) < 4.78 is 5.58. The molecule has 0 unspecified atom stereocenters. The van der Waals surface area contributed by atoms with Gasteiger partial charge in [0, 0.05) is 30.3 Å². The molecule has 1 aromatic carbocycles. The number of benzene rings is 1. The minimum absolute atomic E-state index is 0.0230. The lowest BCUT2D eigenvalue weighted by Gasteiger charge is -2.35. The number of nitro benzene ring substituents is 1. The number of amides is 1. The fourth-order valence-electron chi connectivity index (χ4n) is 2.47. The maximum atomic E-state index is 12.4.